The summed E-state index contributed by atoms with van der Waals surface area (Å²) in [5, 5.41) is 34.5. The van der Waals surface area contributed by atoms with Gasteiger partial charge in [0.1, 0.15) is 51.7 Å². The van der Waals surface area contributed by atoms with Crippen LogP contribution in [-0.4, -0.2) is 118 Å². The van der Waals surface area contributed by atoms with E-state index in [1.54, 1.807) is 6.92 Å². The number of esters is 1. The van der Waals surface area contributed by atoms with E-state index in [0.717, 1.165) is 22.7 Å². The number of nitrogen functional groups attached to an aromatic ring is 1. The number of oxime groups is 2. The van der Waals surface area contributed by atoms with Gasteiger partial charge >= 0.3 is 5.97 Å². The predicted molar refractivity (Wildman–Crippen MR) is 184 cm³/mol. The van der Waals surface area contributed by atoms with Gasteiger partial charge in [0.05, 0.1) is 0 Å². The van der Waals surface area contributed by atoms with Crippen LogP contribution in [0.2, 0.25) is 0 Å². The largest absolute Gasteiger partial charge is 0.453 e. The summed E-state index contributed by atoms with van der Waals surface area (Å²) >= 11 is 4.56. The molecule has 5 amide bonds. The van der Waals surface area contributed by atoms with Crippen molar-refractivity contribution in [3.63, 3.8) is 0 Å². The molecule has 0 saturated carbocycles. The molecule has 19 nitrogen and oxygen atoms in total. The number of rotatable bonds is 9. The van der Waals surface area contributed by atoms with E-state index in [2.05, 4.69) is 42.8 Å². The zero-order chi connectivity index (χ0) is 36.3. The van der Waals surface area contributed by atoms with Crippen molar-refractivity contribution < 1.29 is 43.9 Å². The number of nitrogens with one attached hydrogen (secondary N) is 3. The number of carbonyl (C=O) groups excluding carboxylic acids is 6. The highest BCUT2D eigenvalue weighted by atomic mass is 32.2. The minimum atomic E-state index is -1.06. The van der Waals surface area contributed by atoms with Crippen molar-refractivity contribution in [2.24, 2.45) is 10.3 Å². The molecule has 5 atom stereocenters. The topological polar surface area (TPSA) is 271 Å². The number of thiazole rings is 2. The molecule has 7 N–H and O–H groups in total. The molecule has 2 aromatic heterocycles. The molecule has 2 fully saturated rings. The van der Waals surface area contributed by atoms with Gasteiger partial charge in [-0.15, -0.1) is 46.2 Å². The Labute approximate surface area is 302 Å². The number of allylic oxidation sites excluding steroid dienone is 1. The van der Waals surface area contributed by atoms with E-state index >= 15 is 0 Å². The number of carbonyl (C=O) groups is 6. The van der Waals surface area contributed by atoms with Crippen molar-refractivity contribution in [1.29, 1.82) is 0 Å². The number of ether oxygens (including phenoxy) is 1. The summed E-state index contributed by atoms with van der Waals surface area (Å²) in [4.78, 5) is 88.7. The van der Waals surface area contributed by atoms with Gasteiger partial charge in [0.2, 0.25) is 0 Å². The fourth-order valence-electron chi connectivity index (χ4n) is 5.88. The fraction of sp³-hybridized carbons (Fsp3) is 0.286. The Kier molecular flexibility index (Phi) is 8.81. The molecule has 0 aromatic carbocycles. The van der Waals surface area contributed by atoms with E-state index in [4.69, 9.17) is 10.5 Å². The minimum Gasteiger partial charge on any atom is -0.453 e. The van der Waals surface area contributed by atoms with Crippen molar-refractivity contribution in [3.8, 4) is 0 Å². The molecular formula is C28H24N10O9S4. The lowest BCUT2D eigenvalue weighted by atomic mass is 10.0. The molecule has 5 aliphatic rings. The maximum Gasteiger partial charge on any atom is 0.355 e. The molecule has 2 saturated heterocycles. The van der Waals surface area contributed by atoms with E-state index in [9.17, 15) is 39.2 Å². The van der Waals surface area contributed by atoms with Crippen LogP contribution in [-0.2, 0) is 33.5 Å². The Bertz CT molecular complexity index is 2070. The van der Waals surface area contributed by atoms with Crippen LogP contribution in [0.25, 0.3) is 0 Å². The summed E-state index contributed by atoms with van der Waals surface area (Å²) in [6.07, 6.45) is 0.983. The van der Waals surface area contributed by atoms with Gasteiger partial charge in [-0.3, -0.25) is 39.1 Å². The van der Waals surface area contributed by atoms with Crippen LogP contribution in [0.4, 0.5) is 10.3 Å². The molecule has 0 spiro atoms. The first-order valence-electron chi connectivity index (χ1n) is 14.7. The van der Waals surface area contributed by atoms with Crippen LogP contribution in [0, 0.1) is 0 Å². The smallest absolute Gasteiger partial charge is 0.355 e. The molecule has 0 aliphatic carbocycles. The number of aromatic nitrogens is 2. The van der Waals surface area contributed by atoms with E-state index in [1.807, 2.05) is 0 Å². The van der Waals surface area contributed by atoms with Gasteiger partial charge in [-0.1, -0.05) is 23.0 Å². The summed E-state index contributed by atoms with van der Waals surface area (Å²) in [6.45, 7) is 5.46. The summed E-state index contributed by atoms with van der Waals surface area (Å²) in [7, 11) is 0. The highest BCUT2D eigenvalue weighted by Crippen LogP contribution is 2.44. The van der Waals surface area contributed by atoms with Crippen molar-refractivity contribution in [1.82, 2.24) is 30.4 Å². The average molecular weight is 773 g/mol. The van der Waals surface area contributed by atoms with Crippen molar-refractivity contribution in [2.45, 2.75) is 35.9 Å². The number of nitrogens with two attached hydrogens (primary N) is 1. The normalized spacial score (nSPS) is 25.7. The Morgan fingerprint density at radius 2 is 1.55 bits per heavy atom. The van der Waals surface area contributed by atoms with Gasteiger partial charge in [-0.25, -0.2) is 14.8 Å². The van der Waals surface area contributed by atoms with Gasteiger partial charge in [0.15, 0.2) is 21.7 Å². The molecule has 1 unspecified atom stereocenters. The van der Waals surface area contributed by atoms with Crippen LogP contribution in [0.15, 0.2) is 56.3 Å². The Morgan fingerprint density at radius 3 is 2.16 bits per heavy atom. The number of hydrogen-bond acceptors (Lipinski definition) is 18. The lowest BCUT2D eigenvalue weighted by Crippen LogP contribution is -2.71. The molecule has 51 heavy (non-hydrogen) atoms. The van der Waals surface area contributed by atoms with Gasteiger partial charge in [-0.2, -0.15) is 0 Å². The van der Waals surface area contributed by atoms with Crippen molar-refractivity contribution >= 4 is 103 Å². The third-order valence-corrected chi connectivity index (χ3v) is 12.4. The third-order valence-electron chi connectivity index (χ3n) is 8.36. The molecule has 2 aromatic rings. The van der Waals surface area contributed by atoms with Gasteiger partial charge in [-0.05, 0) is 12.5 Å². The maximum absolute atomic E-state index is 13.6. The summed E-state index contributed by atoms with van der Waals surface area (Å²) in [5.41, 5.74) is 5.84. The number of amides is 5. The SMILES string of the molecule is C=CC1=C(C(=O)Nc2nc(/C(=N/O)C(=O)N[C@@H]3C(=O)N4C5=C(CS[C@H]34)C(C)OC5=O)cs2)N2C(=O)[C@@H](NC(=O)/C(=N\O)c3csc(N)n3)[C@H]2SC1. The van der Waals surface area contributed by atoms with Crippen LogP contribution in [0.3, 0.4) is 0 Å². The highest BCUT2D eigenvalue weighted by Gasteiger charge is 2.57. The van der Waals surface area contributed by atoms with Gasteiger partial charge in [0, 0.05) is 27.8 Å². The molecule has 0 radical (unpaired) electrons. The summed E-state index contributed by atoms with van der Waals surface area (Å²) in [5.74, 6) is -3.57. The Hall–Kier alpha value is -5.26. The lowest BCUT2D eigenvalue weighted by molar-refractivity contribution is -0.151. The van der Waals surface area contributed by atoms with Gasteiger partial charge < -0.3 is 31.5 Å². The van der Waals surface area contributed by atoms with E-state index < -0.39 is 75.9 Å². The third kappa shape index (κ3) is 5.61. The average Bonchev–Trinajstić information content (AvgIpc) is 3.83. The number of thioether (sulfide) groups is 2. The maximum atomic E-state index is 13.6. The second-order valence-corrected chi connectivity index (χ2v) is 15.1. The van der Waals surface area contributed by atoms with E-state index in [1.165, 1.54) is 50.2 Å². The van der Waals surface area contributed by atoms with Crippen LogP contribution >= 0.6 is 46.2 Å². The monoisotopic (exact) mass is 772 g/mol. The summed E-state index contributed by atoms with van der Waals surface area (Å²) < 4.78 is 5.23. The molecule has 7 heterocycles. The first-order valence-corrected chi connectivity index (χ1v) is 18.6. The van der Waals surface area contributed by atoms with Crippen LogP contribution in [0.5, 0.6) is 0 Å². The van der Waals surface area contributed by atoms with E-state index in [-0.39, 0.29) is 38.8 Å². The molecule has 23 heteroatoms. The standard InChI is InChI=1S/C28H24N10O9S4/c1-3-9-4-48-24-15(32-19(39)13(35-45)11-6-50-27(29)30-11)22(42)37(24)17(9)21(41)34-28-31-12(7-51-28)14(36-46)20(40)33-16-23(43)38-18-10(5-49-25(16)38)8(2)47-26(18)44/h3,6-8,15-16,24-25,45-46H,1,4-5H2,2H3,(H2,29,30)(H,32,39)(H,33,40)(H,31,34,41)/b35-13-,36-14-/t8?,15-,16-,24-,25-/m1/s1. The van der Waals surface area contributed by atoms with Crippen molar-refractivity contribution in [3.05, 3.63) is 57.3 Å². The number of hydrogen-bond donors (Lipinski definition) is 6. The second kappa shape index (κ2) is 13.1. The molecule has 7 rings (SSSR count). The molecular weight excluding hydrogens is 749 g/mol. The number of anilines is 2. The van der Waals surface area contributed by atoms with E-state index in [0.29, 0.717) is 16.9 Å². The zero-order valence-corrected chi connectivity index (χ0v) is 29.2. The molecule has 5 aliphatic heterocycles. The minimum absolute atomic E-state index is 0.0131. The molecule has 264 valence electrons. The Morgan fingerprint density at radius 1 is 0.961 bits per heavy atom. The first-order chi connectivity index (χ1) is 24.5. The number of β-lactam (4-membered cyclic amide) rings is 2. The number of nitrogens with zero attached hydrogens (tertiary/aromatic N) is 6. The number of fused-ring (bicyclic) bond motifs is 3. The number of cyclic esters (lactones) is 1. The zero-order valence-electron chi connectivity index (χ0n) is 25.9. The second-order valence-electron chi connectivity index (χ2n) is 11.2. The van der Waals surface area contributed by atoms with Crippen molar-refractivity contribution in [2.75, 3.05) is 22.6 Å². The Balaban J connectivity index is 1.00. The van der Waals surface area contributed by atoms with Crippen LogP contribution in [0.1, 0.15) is 18.3 Å². The lowest BCUT2D eigenvalue weighted by Gasteiger charge is -2.49. The van der Waals surface area contributed by atoms with Crippen LogP contribution < -0.4 is 21.7 Å². The molecule has 0 bridgehead atoms. The van der Waals surface area contributed by atoms with Gasteiger partial charge in [0.25, 0.3) is 29.5 Å². The summed E-state index contributed by atoms with van der Waals surface area (Å²) in [6, 6.07) is -2.07. The quantitative estimate of drug-likeness (QED) is 0.0624. The fourth-order valence-corrected chi connectivity index (χ4v) is 9.92. The first kappa shape index (κ1) is 34.2. The predicted octanol–water partition coefficient (Wildman–Crippen LogP) is -0.384. The highest BCUT2D eigenvalue weighted by molar-refractivity contribution is 8.00.